The maximum atomic E-state index is 13.2. The fourth-order valence-corrected chi connectivity index (χ4v) is 2.64. The largest absolute Gasteiger partial charge is 0.416 e. The number of H-pyrrole nitrogens is 1. The van der Waals surface area contributed by atoms with Gasteiger partial charge in [-0.2, -0.15) is 26.3 Å². The van der Waals surface area contributed by atoms with Crippen LogP contribution in [0, 0.1) is 5.82 Å². The number of imidazole rings is 1. The second-order valence-corrected chi connectivity index (χ2v) is 6.15. The van der Waals surface area contributed by atoms with Gasteiger partial charge >= 0.3 is 12.4 Å². The second-order valence-electron chi connectivity index (χ2n) is 6.15. The lowest BCUT2D eigenvalue weighted by atomic mass is 10.0. The number of halogens is 7. The van der Waals surface area contributed by atoms with E-state index in [0.717, 1.165) is 0 Å². The van der Waals surface area contributed by atoms with E-state index in [-0.39, 0.29) is 19.0 Å². The summed E-state index contributed by atoms with van der Waals surface area (Å²) in [5.41, 5.74) is -3.02. The average Bonchev–Trinajstić information content (AvgIpc) is 3.01. The van der Waals surface area contributed by atoms with Crippen molar-refractivity contribution in [1.29, 1.82) is 0 Å². The number of hydrogen-bond acceptors (Lipinski definition) is 2. The van der Waals surface area contributed by atoms with Crippen LogP contribution in [0.15, 0.2) is 36.4 Å². The molecule has 0 aliphatic heterocycles. The van der Waals surface area contributed by atoms with Crippen molar-refractivity contribution in [1.82, 2.24) is 15.3 Å². The summed E-state index contributed by atoms with van der Waals surface area (Å²) in [6.07, 6.45) is -9.98. The SMILES string of the molecule is O=C(NCCc1nc2ccc(F)cc2[nH]1)c1cc(C(F)(F)F)cc(C(F)(F)F)c1. The molecule has 0 fully saturated rings. The number of nitrogens with one attached hydrogen (secondary N) is 2. The molecule has 0 atom stereocenters. The number of fused-ring (bicyclic) bond motifs is 1. The monoisotopic (exact) mass is 419 g/mol. The number of nitrogens with zero attached hydrogens (tertiary/aromatic N) is 1. The Morgan fingerprint density at radius 1 is 0.966 bits per heavy atom. The van der Waals surface area contributed by atoms with Gasteiger partial charge in [-0.1, -0.05) is 0 Å². The molecule has 11 heteroatoms. The minimum absolute atomic E-state index is 0.0513. The quantitative estimate of drug-likeness (QED) is 0.602. The Labute approximate surface area is 158 Å². The zero-order valence-electron chi connectivity index (χ0n) is 14.4. The number of hydrogen-bond donors (Lipinski definition) is 2. The van der Waals surface area contributed by atoms with Gasteiger partial charge in [-0.15, -0.1) is 0 Å². The van der Waals surface area contributed by atoms with E-state index < -0.39 is 40.8 Å². The number of alkyl halides is 6. The Balaban J connectivity index is 1.74. The summed E-state index contributed by atoms with van der Waals surface area (Å²) in [7, 11) is 0. The average molecular weight is 419 g/mol. The van der Waals surface area contributed by atoms with Crippen LogP contribution >= 0.6 is 0 Å². The Morgan fingerprint density at radius 2 is 1.59 bits per heavy atom. The summed E-state index contributed by atoms with van der Waals surface area (Å²) < 4.78 is 90.3. The molecular weight excluding hydrogens is 407 g/mol. The number of amides is 1. The number of aromatic amines is 1. The van der Waals surface area contributed by atoms with Crippen molar-refractivity contribution in [2.45, 2.75) is 18.8 Å². The van der Waals surface area contributed by atoms with Gasteiger partial charge in [0.05, 0.1) is 22.2 Å². The van der Waals surface area contributed by atoms with Crippen molar-refractivity contribution in [3.8, 4) is 0 Å². The standard InChI is InChI=1S/C18H12F7N3O/c19-12-1-2-13-14(8-12)28-15(27-13)3-4-26-16(29)9-5-10(17(20,21)22)7-11(6-9)18(23,24)25/h1-2,5-8H,3-4H2,(H,26,29)(H,27,28). The third-order valence-corrected chi connectivity index (χ3v) is 3.99. The van der Waals surface area contributed by atoms with E-state index in [1.165, 1.54) is 18.2 Å². The lowest BCUT2D eigenvalue weighted by Crippen LogP contribution is -2.27. The molecule has 1 aromatic heterocycles. The molecule has 29 heavy (non-hydrogen) atoms. The summed E-state index contributed by atoms with van der Waals surface area (Å²) in [6.45, 7) is -0.112. The predicted octanol–water partition coefficient (Wildman–Crippen LogP) is 4.71. The Morgan fingerprint density at radius 3 is 2.17 bits per heavy atom. The van der Waals surface area contributed by atoms with E-state index in [0.29, 0.717) is 29.0 Å². The van der Waals surface area contributed by atoms with Gasteiger partial charge in [0.25, 0.3) is 5.91 Å². The molecule has 3 rings (SSSR count). The van der Waals surface area contributed by atoms with E-state index in [2.05, 4.69) is 15.3 Å². The fourth-order valence-electron chi connectivity index (χ4n) is 2.64. The molecule has 1 amide bonds. The highest BCUT2D eigenvalue weighted by atomic mass is 19.4. The minimum Gasteiger partial charge on any atom is -0.352 e. The molecule has 0 saturated carbocycles. The second kappa shape index (κ2) is 7.37. The maximum absolute atomic E-state index is 13.2. The lowest BCUT2D eigenvalue weighted by molar-refractivity contribution is -0.143. The lowest BCUT2D eigenvalue weighted by Gasteiger charge is -2.14. The number of benzene rings is 2. The Bertz CT molecular complexity index is 1020. The first-order valence-electron chi connectivity index (χ1n) is 8.15. The number of carbonyl (C=O) groups excluding carboxylic acids is 1. The molecule has 0 bridgehead atoms. The molecule has 1 heterocycles. The highest BCUT2D eigenvalue weighted by Gasteiger charge is 2.37. The fraction of sp³-hybridized carbons (Fsp3) is 0.222. The highest BCUT2D eigenvalue weighted by Crippen LogP contribution is 2.36. The van der Waals surface area contributed by atoms with E-state index in [1.807, 2.05) is 0 Å². The van der Waals surface area contributed by atoms with Crippen LogP contribution in [0.1, 0.15) is 27.3 Å². The first kappa shape index (κ1) is 20.6. The van der Waals surface area contributed by atoms with Crippen molar-refractivity contribution in [3.05, 3.63) is 64.7 Å². The molecule has 2 N–H and O–H groups in total. The summed E-state index contributed by atoms with van der Waals surface area (Å²) in [4.78, 5) is 19.0. The van der Waals surface area contributed by atoms with Crippen molar-refractivity contribution in [2.75, 3.05) is 6.54 Å². The van der Waals surface area contributed by atoms with Crippen LogP contribution in [0.4, 0.5) is 30.7 Å². The van der Waals surface area contributed by atoms with Crippen LogP contribution in [0.2, 0.25) is 0 Å². The maximum Gasteiger partial charge on any atom is 0.416 e. The third-order valence-electron chi connectivity index (χ3n) is 3.99. The summed E-state index contributed by atoms with van der Waals surface area (Å²) in [5.74, 6) is -1.21. The molecular formula is C18H12F7N3O. The minimum atomic E-state index is -5.04. The van der Waals surface area contributed by atoms with Crippen LogP contribution in [-0.2, 0) is 18.8 Å². The van der Waals surface area contributed by atoms with Gasteiger partial charge in [0.1, 0.15) is 11.6 Å². The topological polar surface area (TPSA) is 57.8 Å². The molecule has 0 saturated heterocycles. The van der Waals surface area contributed by atoms with Gasteiger partial charge in [-0.3, -0.25) is 4.79 Å². The number of carbonyl (C=O) groups is 1. The van der Waals surface area contributed by atoms with E-state index in [1.54, 1.807) is 0 Å². The number of aromatic nitrogens is 2. The highest BCUT2D eigenvalue weighted by molar-refractivity contribution is 5.94. The van der Waals surface area contributed by atoms with E-state index in [9.17, 15) is 35.5 Å². The molecule has 4 nitrogen and oxygen atoms in total. The zero-order valence-corrected chi connectivity index (χ0v) is 14.4. The number of rotatable bonds is 4. The van der Waals surface area contributed by atoms with Crippen molar-refractivity contribution >= 4 is 16.9 Å². The molecule has 0 aliphatic rings. The molecule has 0 radical (unpaired) electrons. The molecule has 154 valence electrons. The van der Waals surface area contributed by atoms with Gasteiger partial charge in [0.2, 0.25) is 0 Å². The third kappa shape index (κ3) is 4.84. The van der Waals surface area contributed by atoms with Gasteiger partial charge in [-0.05, 0) is 36.4 Å². The molecule has 0 unspecified atom stereocenters. The Hall–Kier alpha value is -3.11. The first-order valence-corrected chi connectivity index (χ1v) is 8.15. The van der Waals surface area contributed by atoms with Crippen molar-refractivity contribution in [3.63, 3.8) is 0 Å². The smallest absolute Gasteiger partial charge is 0.352 e. The summed E-state index contributed by atoms with van der Waals surface area (Å²) >= 11 is 0. The van der Waals surface area contributed by atoms with Gasteiger partial charge < -0.3 is 10.3 Å². The van der Waals surface area contributed by atoms with Gasteiger partial charge in [0, 0.05) is 18.5 Å². The van der Waals surface area contributed by atoms with Crippen LogP contribution in [0.3, 0.4) is 0 Å². The van der Waals surface area contributed by atoms with E-state index in [4.69, 9.17) is 0 Å². The van der Waals surface area contributed by atoms with Crippen LogP contribution < -0.4 is 5.32 Å². The van der Waals surface area contributed by atoms with Crippen molar-refractivity contribution in [2.24, 2.45) is 0 Å². The van der Waals surface area contributed by atoms with Crippen molar-refractivity contribution < 1.29 is 35.5 Å². The van der Waals surface area contributed by atoms with Crippen LogP contribution in [0.25, 0.3) is 11.0 Å². The van der Waals surface area contributed by atoms with Crippen LogP contribution in [0.5, 0.6) is 0 Å². The summed E-state index contributed by atoms with van der Waals surface area (Å²) in [6, 6.07) is 4.52. The Kier molecular flexibility index (Phi) is 5.24. The first-order chi connectivity index (χ1) is 13.4. The van der Waals surface area contributed by atoms with Gasteiger partial charge in [-0.25, -0.2) is 9.37 Å². The zero-order chi connectivity index (χ0) is 21.4. The molecule has 2 aromatic carbocycles. The van der Waals surface area contributed by atoms with Crippen LogP contribution in [-0.4, -0.2) is 22.4 Å². The van der Waals surface area contributed by atoms with Gasteiger partial charge in [0.15, 0.2) is 0 Å². The molecule has 0 spiro atoms. The molecule has 0 aliphatic carbocycles. The normalized spacial score (nSPS) is 12.4. The molecule has 3 aromatic rings. The van der Waals surface area contributed by atoms with E-state index >= 15 is 0 Å². The summed E-state index contributed by atoms with van der Waals surface area (Å²) in [5, 5.41) is 2.25. The predicted molar refractivity (Wildman–Crippen MR) is 88.5 cm³/mol.